The first-order valence-electron chi connectivity index (χ1n) is 8.26. The van der Waals surface area contributed by atoms with Crippen molar-refractivity contribution in [2.45, 2.75) is 64.8 Å². The molecular weight excluding hydrogens is 262 g/mol. The average Bonchev–Trinajstić information content (AvgIpc) is 2.51. The minimum Gasteiger partial charge on any atom is -0.497 e. The van der Waals surface area contributed by atoms with Crippen molar-refractivity contribution in [2.75, 3.05) is 13.7 Å². The molecule has 0 aliphatic carbocycles. The minimum atomic E-state index is 0.170. The molecule has 3 nitrogen and oxygen atoms in total. The normalized spacial score (nSPS) is 12.2. The lowest BCUT2D eigenvalue weighted by atomic mass is 10.0. The quantitative estimate of drug-likeness (QED) is 0.618. The van der Waals surface area contributed by atoms with Gasteiger partial charge in [0, 0.05) is 6.04 Å². The van der Waals surface area contributed by atoms with Crippen LogP contribution in [-0.2, 0) is 6.42 Å². The van der Waals surface area contributed by atoms with Crippen LogP contribution < -0.4 is 15.2 Å². The minimum absolute atomic E-state index is 0.170. The highest BCUT2D eigenvalue weighted by Gasteiger charge is 2.09. The van der Waals surface area contributed by atoms with Crippen LogP contribution in [0.1, 0.15) is 57.9 Å². The highest BCUT2D eigenvalue weighted by Crippen LogP contribution is 2.26. The van der Waals surface area contributed by atoms with E-state index in [1.165, 1.54) is 25.7 Å². The fourth-order valence-electron chi connectivity index (χ4n) is 2.30. The van der Waals surface area contributed by atoms with Gasteiger partial charge in [-0.2, -0.15) is 0 Å². The van der Waals surface area contributed by atoms with Crippen LogP contribution in [0.15, 0.2) is 18.2 Å². The first-order valence-corrected chi connectivity index (χ1v) is 8.26. The van der Waals surface area contributed by atoms with E-state index < -0.39 is 0 Å². The van der Waals surface area contributed by atoms with E-state index in [0.29, 0.717) is 0 Å². The van der Waals surface area contributed by atoms with Gasteiger partial charge in [0.2, 0.25) is 0 Å². The smallest absolute Gasteiger partial charge is 0.122 e. The van der Waals surface area contributed by atoms with Gasteiger partial charge in [0.1, 0.15) is 11.5 Å². The van der Waals surface area contributed by atoms with E-state index >= 15 is 0 Å². The Balaban J connectivity index is 2.54. The maximum atomic E-state index is 6.08. The van der Waals surface area contributed by atoms with Gasteiger partial charge < -0.3 is 15.2 Å². The molecule has 21 heavy (non-hydrogen) atoms. The van der Waals surface area contributed by atoms with Crippen LogP contribution in [0.4, 0.5) is 0 Å². The van der Waals surface area contributed by atoms with Crippen LogP contribution >= 0.6 is 0 Å². The van der Waals surface area contributed by atoms with Crippen LogP contribution in [0.5, 0.6) is 11.5 Å². The molecule has 1 aromatic carbocycles. The summed E-state index contributed by atoms with van der Waals surface area (Å²) < 4.78 is 11.2. The summed E-state index contributed by atoms with van der Waals surface area (Å²) in [5.74, 6) is 1.82. The second-order valence-electron chi connectivity index (χ2n) is 5.61. The lowest BCUT2D eigenvalue weighted by molar-refractivity contribution is 0.300. The highest BCUT2D eigenvalue weighted by atomic mass is 16.5. The Morgan fingerprint density at radius 2 is 1.86 bits per heavy atom. The number of benzene rings is 1. The van der Waals surface area contributed by atoms with Crippen molar-refractivity contribution in [3.05, 3.63) is 23.8 Å². The van der Waals surface area contributed by atoms with Gasteiger partial charge in [0.25, 0.3) is 0 Å². The van der Waals surface area contributed by atoms with E-state index in [4.69, 9.17) is 15.2 Å². The number of nitrogens with two attached hydrogens (primary N) is 1. The summed E-state index contributed by atoms with van der Waals surface area (Å²) in [4.78, 5) is 0. The summed E-state index contributed by atoms with van der Waals surface area (Å²) in [7, 11) is 1.69. The molecule has 120 valence electrons. The van der Waals surface area contributed by atoms with Gasteiger partial charge in [-0.15, -0.1) is 0 Å². The van der Waals surface area contributed by atoms with Crippen LogP contribution in [-0.4, -0.2) is 19.8 Å². The molecule has 2 N–H and O–H groups in total. The Bertz CT molecular complexity index is 393. The lowest BCUT2D eigenvalue weighted by Gasteiger charge is -2.15. The molecule has 0 saturated carbocycles. The molecule has 1 rings (SSSR count). The van der Waals surface area contributed by atoms with Crippen molar-refractivity contribution in [3.8, 4) is 11.5 Å². The maximum absolute atomic E-state index is 6.08. The summed E-state index contributed by atoms with van der Waals surface area (Å²) in [6.07, 6.45) is 8.05. The summed E-state index contributed by atoms with van der Waals surface area (Å²) in [5, 5.41) is 0. The third-order valence-electron chi connectivity index (χ3n) is 3.78. The van der Waals surface area contributed by atoms with Gasteiger partial charge in [0.15, 0.2) is 0 Å². The highest BCUT2D eigenvalue weighted by molar-refractivity contribution is 5.40. The molecule has 0 amide bonds. The number of ether oxygens (including phenoxy) is 2. The number of hydrogen-bond donors (Lipinski definition) is 1. The SMILES string of the molecule is CCCCCCCOc1ccc(OC)cc1CC(N)CC. The molecular formula is C18H31NO2. The molecule has 0 fully saturated rings. The molecule has 1 unspecified atom stereocenters. The molecule has 0 bridgehead atoms. The van der Waals surface area contributed by atoms with Crippen LogP contribution in [0.25, 0.3) is 0 Å². The Kier molecular flexibility index (Phi) is 8.91. The Labute approximate surface area is 129 Å². The zero-order valence-corrected chi connectivity index (χ0v) is 13.9. The number of rotatable bonds is 11. The zero-order valence-electron chi connectivity index (χ0n) is 13.9. The number of unbranched alkanes of at least 4 members (excludes halogenated alkanes) is 4. The maximum Gasteiger partial charge on any atom is 0.122 e. The van der Waals surface area contributed by atoms with Gasteiger partial charge in [-0.05, 0) is 43.0 Å². The molecule has 0 aliphatic rings. The van der Waals surface area contributed by atoms with Crippen molar-refractivity contribution in [3.63, 3.8) is 0 Å². The summed E-state index contributed by atoms with van der Waals surface area (Å²) in [6.45, 7) is 5.13. The molecule has 0 aromatic heterocycles. The standard InChI is InChI=1S/C18H31NO2/c1-4-6-7-8-9-12-21-18-11-10-17(20-3)14-15(18)13-16(19)5-2/h10-11,14,16H,4-9,12-13,19H2,1-3H3. The van der Waals surface area contributed by atoms with Crippen molar-refractivity contribution in [1.82, 2.24) is 0 Å². The Morgan fingerprint density at radius 1 is 1.10 bits per heavy atom. The summed E-state index contributed by atoms with van der Waals surface area (Å²) in [5.41, 5.74) is 7.23. The topological polar surface area (TPSA) is 44.5 Å². The Morgan fingerprint density at radius 3 is 2.52 bits per heavy atom. The molecule has 0 aliphatic heterocycles. The van der Waals surface area contributed by atoms with Gasteiger partial charge in [-0.25, -0.2) is 0 Å². The van der Waals surface area contributed by atoms with E-state index in [1.54, 1.807) is 7.11 Å². The van der Waals surface area contributed by atoms with E-state index in [-0.39, 0.29) is 6.04 Å². The van der Waals surface area contributed by atoms with Gasteiger partial charge in [-0.1, -0.05) is 39.5 Å². The molecule has 0 saturated heterocycles. The lowest BCUT2D eigenvalue weighted by Crippen LogP contribution is -2.21. The second kappa shape index (κ2) is 10.5. The van der Waals surface area contributed by atoms with Crippen molar-refractivity contribution in [1.29, 1.82) is 0 Å². The predicted molar refractivity (Wildman–Crippen MR) is 89.2 cm³/mol. The summed E-state index contributed by atoms with van der Waals surface area (Å²) >= 11 is 0. The molecule has 1 aromatic rings. The first-order chi connectivity index (χ1) is 10.2. The zero-order chi connectivity index (χ0) is 15.5. The molecule has 3 heteroatoms. The van der Waals surface area contributed by atoms with Gasteiger partial charge in [-0.3, -0.25) is 0 Å². The third-order valence-corrected chi connectivity index (χ3v) is 3.78. The second-order valence-corrected chi connectivity index (χ2v) is 5.61. The van der Waals surface area contributed by atoms with E-state index in [9.17, 15) is 0 Å². The van der Waals surface area contributed by atoms with Crippen molar-refractivity contribution in [2.24, 2.45) is 5.73 Å². The van der Waals surface area contributed by atoms with Crippen LogP contribution in [0.3, 0.4) is 0 Å². The van der Waals surface area contributed by atoms with Crippen LogP contribution in [0.2, 0.25) is 0 Å². The molecule has 0 spiro atoms. The summed E-state index contributed by atoms with van der Waals surface area (Å²) in [6, 6.07) is 6.17. The monoisotopic (exact) mass is 293 g/mol. The van der Waals surface area contributed by atoms with E-state index in [0.717, 1.165) is 42.9 Å². The van der Waals surface area contributed by atoms with E-state index in [1.807, 2.05) is 18.2 Å². The molecule has 1 atom stereocenters. The third kappa shape index (κ3) is 6.85. The van der Waals surface area contributed by atoms with Crippen LogP contribution in [0, 0.1) is 0 Å². The molecule has 0 heterocycles. The Hall–Kier alpha value is -1.22. The largest absolute Gasteiger partial charge is 0.497 e. The first kappa shape index (κ1) is 17.8. The van der Waals surface area contributed by atoms with Gasteiger partial charge in [0.05, 0.1) is 13.7 Å². The fourth-order valence-corrected chi connectivity index (χ4v) is 2.30. The molecule has 0 radical (unpaired) electrons. The van der Waals surface area contributed by atoms with E-state index in [2.05, 4.69) is 13.8 Å². The number of hydrogen-bond acceptors (Lipinski definition) is 3. The average molecular weight is 293 g/mol. The number of methoxy groups -OCH3 is 1. The van der Waals surface area contributed by atoms with Crippen molar-refractivity contribution < 1.29 is 9.47 Å². The fraction of sp³-hybridized carbons (Fsp3) is 0.667. The van der Waals surface area contributed by atoms with Gasteiger partial charge >= 0.3 is 0 Å². The van der Waals surface area contributed by atoms with Crippen molar-refractivity contribution >= 4 is 0 Å². The predicted octanol–water partition coefficient (Wildman–Crippen LogP) is 4.32.